The fraction of sp³-hybridized carbons (Fsp3) is 0.429. The van der Waals surface area contributed by atoms with E-state index in [1.807, 2.05) is 0 Å². The first-order valence-corrected chi connectivity index (χ1v) is 6.52. The maximum atomic E-state index is 12.0. The molecule has 1 saturated carbocycles. The van der Waals surface area contributed by atoms with Crippen LogP contribution in [0.4, 0.5) is 5.69 Å². The molecule has 0 unspecified atom stereocenters. The summed E-state index contributed by atoms with van der Waals surface area (Å²) in [7, 11) is 0. The lowest BCUT2D eigenvalue weighted by molar-refractivity contribution is -0.119. The van der Waals surface area contributed by atoms with Gasteiger partial charge in [-0.2, -0.15) is 0 Å². The maximum absolute atomic E-state index is 12.0. The number of benzene rings is 1. The molecule has 6 heteroatoms. The smallest absolute Gasteiger partial charge is 0.339 e. The SMILES string of the molecule is NCC1(CC(=O)Nc2ccc(O)c(C(=O)O)c2)CCC1. The van der Waals surface area contributed by atoms with Crippen LogP contribution in [0.25, 0.3) is 0 Å². The minimum Gasteiger partial charge on any atom is -0.507 e. The van der Waals surface area contributed by atoms with Gasteiger partial charge in [0, 0.05) is 12.1 Å². The highest BCUT2D eigenvalue weighted by atomic mass is 16.4. The molecule has 0 spiro atoms. The maximum Gasteiger partial charge on any atom is 0.339 e. The van der Waals surface area contributed by atoms with Gasteiger partial charge in [0.1, 0.15) is 11.3 Å². The number of nitrogens with one attached hydrogen (secondary N) is 1. The molecule has 2 rings (SSSR count). The Hall–Kier alpha value is -2.08. The zero-order valence-electron chi connectivity index (χ0n) is 11.1. The third-order valence-corrected chi connectivity index (χ3v) is 3.89. The molecular formula is C14H18N2O4. The second-order valence-electron chi connectivity index (χ2n) is 5.32. The predicted octanol–water partition coefficient (Wildman–Crippen LogP) is 1.55. The van der Waals surface area contributed by atoms with Crippen LogP contribution in [0.5, 0.6) is 5.75 Å². The molecule has 0 bridgehead atoms. The van der Waals surface area contributed by atoms with Crippen molar-refractivity contribution in [1.29, 1.82) is 0 Å². The van der Waals surface area contributed by atoms with Gasteiger partial charge in [0.15, 0.2) is 0 Å². The molecule has 108 valence electrons. The minimum absolute atomic E-state index is 0.101. The summed E-state index contributed by atoms with van der Waals surface area (Å²) in [6, 6.07) is 3.96. The Labute approximate surface area is 116 Å². The third-order valence-electron chi connectivity index (χ3n) is 3.89. The molecule has 1 aromatic carbocycles. The summed E-state index contributed by atoms with van der Waals surface area (Å²) in [4.78, 5) is 22.9. The van der Waals surface area contributed by atoms with Gasteiger partial charge in [-0.05, 0) is 43.0 Å². The van der Waals surface area contributed by atoms with Crippen LogP contribution in [0.2, 0.25) is 0 Å². The highest BCUT2D eigenvalue weighted by Crippen LogP contribution is 2.43. The molecule has 20 heavy (non-hydrogen) atoms. The van der Waals surface area contributed by atoms with Crippen molar-refractivity contribution in [3.8, 4) is 5.75 Å². The van der Waals surface area contributed by atoms with Gasteiger partial charge in [-0.25, -0.2) is 4.79 Å². The van der Waals surface area contributed by atoms with Crippen LogP contribution in [0.1, 0.15) is 36.0 Å². The average Bonchev–Trinajstić information content (AvgIpc) is 2.36. The largest absolute Gasteiger partial charge is 0.507 e. The second kappa shape index (κ2) is 5.50. The number of carbonyl (C=O) groups excluding carboxylic acids is 1. The Morgan fingerprint density at radius 2 is 2.05 bits per heavy atom. The molecule has 1 aliphatic carbocycles. The summed E-state index contributed by atoms with van der Waals surface area (Å²) < 4.78 is 0. The number of aromatic carboxylic acids is 1. The van der Waals surface area contributed by atoms with E-state index in [2.05, 4.69) is 5.32 Å². The fourth-order valence-corrected chi connectivity index (χ4v) is 2.46. The van der Waals surface area contributed by atoms with Crippen molar-refractivity contribution in [3.63, 3.8) is 0 Å². The Kier molecular flexibility index (Phi) is 3.94. The highest BCUT2D eigenvalue weighted by Gasteiger charge is 2.37. The molecule has 0 heterocycles. The van der Waals surface area contributed by atoms with Crippen molar-refractivity contribution >= 4 is 17.6 Å². The number of amides is 1. The molecule has 0 aliphatic heterocycles. The van der Waals surface area contributed by atoms with E-state index >= 15 is 0 Å². The molecule has 6 nitrogen and oxygen atoms in total. The highest BCUT2D eigenvalue weighted by molar-refractivity contribution is 5.95. The second-order valence-corrected chi connectivity index (χ2v) is 5.32. The van der Waals surface area contributed by atoms with Crippen molar-refractivity contribution in [3.05, 3.63) is 23.8 Å². The van der Waals surface area contributed by atoms with E-state index in [4.69, 9.17) is 10.8 Å². The van der Waals surface area contributed by atoms with Gasteiger partial charge in [-0.1, -0.05) is 6.42 Å². The topological polar surface area (TPSA) is 113 Å². The average molecular weight is 278 g/mol. The summed E-state index contributed by atoms with van der Waals surface area (Å²) in [6.45, 7) is 0.483. The van der Waals surface area contributed by atoms with Crippen molar-refractivity contribution in [2.45, 2.75) is 25.7 Å². The number of aromatic hydroxyl groups is 1. The van der Waals surface area contributed by atoms with Crippen molar-refractivity contribution in [1.82, 2.24) is 0 Å². The number of carboxylic acids is 1. The fourth-order valence-electron chi connectivity index (χ4n) is 2.46. The van der Waals surface area contributed by atoms with Crippen LogP contribution in [-0.2, 0) is 4.79 Å². The first-order valence-electron chi connectivity index (χ1n) is 6.52. The zero-order valence-corrected chi connectivity index (χ0v) is 11.1. The van der Waals surface area contributed by atoms with E-state index in [1.165, 1.54) is 18.2 Å². The molecule has 0 aromatic heterocycles. The lowest BCUT2D eigenvalue weighted by Gasteiger charge is -2.40. The predicted molar refractivity (Wildman–Crippen MR) is 73.7 cm³/mol. The van der Waals surface area contributed by atoms with Gasteiger partial charge < -0.3 is 21.3 Å². The molecular weight excluding hydrogens is 260 g/mol. The Balaban J connectivity index is 2.04. The van der Waals surface area contributed by atoms with Gasteiger partial charge in [-0.15, -0.1) is 0 Å². The van der Waals surface area contributed by atoms with Gasteiger partial charge >= 0.3 is 5.97 Å². The van der Waals surface area contributed by atoms with Gasteiger partial charge in [0.25, 0.3) is 0 Å². The summed E-state index contributed by atoms with van der Waals surface area (Å²) >= 11 is 0. The zero-order chi connectivity index (χ0) is 14.8. The quantitative estimate of drug-likeness (QED) is 0.610. The lowest BCUT2D eigenvalue weighted by atomic mass is 9.66. The Morgan fingerprint density at radius 3 is 2.55 bits per heavy atom. The van der Waals surface area contributed by atoms with Crippen molar-refractivity contribution in [2.24, 2.45) is 11.1 Å². The van der Waals surface area contributed by atoms with Crippen LogP contribution < -0.4 is 11.1 Å². The summed E-state index contributed by atoms with van der Waals surface area (Å²) in [5.74, 6) is -1.75. The monoisotopic (exact) mass is 278 g/mol. The summed E-state index contributed by atoms with van der Waals surface area (Å²) in [6.07, 6.45) is 3.33. The van der Waals surface area contributed by atoms with Crippen LogP contribution in [0.15, 0.2) is 18.2 Å². The van der Waals surface area contributed by atoms with Gasteiger partial charge in [0.2, 0.25) is 5.91 Å². The van der Waals surface area contributed by atoms with E-state index < -0.39 is 5.97 Å². The van der Waals surface area contributed by atoms with E-state index in [0.717, 1.165) is 19.3 Å². The van der Waals surface area contributed by atoms with Crippen LogP contribution in [0, 0.1) is 5.41 Å². The van der Waals surface area contributed by atoms with E-state index in [9.17, 15) is 14.7 Å². The van der Waals surface area contributed by atoms with Crippen LogP contribution in [0.3, 0.4) is 0 Å². The molecule has 5 N–H and O–H groups in total. The number of nitrogens with two attached hydrogens (primary N) is 1. The Morgan fingerprint density at radius 1 is 1.35 bits per heavy atom. The number of phenols is 1. The molecule has 0 saturated heterocycles. The molecule has 1 fully saturated rings. The number of anilines is 1. The van der Waals surface area contributed by atoms with E-state index in [-0.39, 0.29) is 22.6 Å². The summed E-state index contributed by atoms with van der Waals surface area (Å²) in [5.41, 5.74) is 5.72. The normalized spacial score (nSPS) is 16.2. The molecule has 1 aliphatic rings. The number of hydrogen-bond acceptors (Lipinski definition) is 4. The van der Waals surface area contributed by atoms with E-state index in [1.54, 1.807) is 0 Å². The number of carboxylic acid groups (broad SMARTS) is 1. The third kappa shape index (κ3) is 2.91. The van der Waals surface area contributed by atoms with Crippen molar-refractivity contribution < 1.29 is 19.8 Å². The Bertz CT molecular complexity index is 532. The molecule has 1 amide bonds. The van der Waals surface area contributed by atoms with Gasteiger partial charge in [-0.3, -0.25) is 4.79 Å². The molecule has 0 atom stereocenters. The number of carbonyl (C=O) groups is 2. The first-order chi connectivity index (χ1) is 9.46. The molecule has 1 aromatic rings. The minimum atomic E-state index is -1.24. The van der Waals surface area contributed by atoms with Crippen LogP contribution >= 0.6 is 0 Å². The summed E-state index contributed by atoms with van der Waals surface area (Å²) in [5, 5.41) is 21.0. The van der Waals surface area contributed by atoms with Crippen LogP contribution in [-0.4, -0.2) is 28.6 Å². The molecule has 0 radical (unpaired) electrons. The number of hydrogen-bond donors (Lipinski definition) is 4. The van der Waals surface area contributed by atoms with Gasteiger partial charge in [0.05, 0.1) is 0 Å². The standard InChI is InChI=1S/C14H18N2O4/c15-8-14(4-1-5-14)7-12(18)16-9-2-3-11(17)10(6-9)13(19)20/h2-3,6,17H,1,4-5,7-8,15H2,(H,16,18)(H,19,20). The van der Waals surface area contributed by atoms with Crippen molar-refractivity contribution in [2.75, 3.05) is 11.9 Å². The van der Waals surface area contributed by atoms with E-state index in [0.29, 0.717) is 18.7 Å². The lowest BCUT2D eigenvalue weighted by Crippen LogP contribution is -2.40. The number of rotatable bonds is 5. The first kappa shape index (κ1) is 14.3.